The van der Waals surface area contributed by atoms with Crippen LogP contribution in [-0.4, -0.2) is 15.9 Å². The van der Waals surface area contributed by atoms with Crippen molar-refractivity contribution in [3.8, 4) is 0 Å². The molecule has 5 nitrogen and oxygen atoms in total. The zero-order chi connectivity index (χ0) is 19.2. The molecule has 27 heavy (non-hydrogen) atoms. The quantitative estimate of drug-likeness (QED) is 0.224. The van der Waals surface area contributed by atoms with Gasteiger partial charge in [0, 0.05) is 17.2 Å². The number of hydrogen-bond acceptors (Lipinski definition) is 5. The lowest BCUT2D eigenvalue weighted by Gasteiger charge is -2.19. The van der Waals surface area contributed by atoms with Crippen molar-refractivity contribution in [2.45, 2.75) is 19.2 Å². The molecule has 0 fully saturated rings. The molecule has 0 amide bonds. The van der Waals surface area contributed by atoms with E-state index in [1.165, 1.54) is 30.5 Å². The molecule has 0 saturated heterocycles. The van der Waals surface area contributed by atoms with Crippen molar-refractivity contribution in [3.63, 3.8) is 0 Å². The van der Waals surface area contributed by atoms with E-state index in [1.807, 2.05) is 0 Å². The summed E-state index contributed by atoms with van der Waals surface area (Å²) in [5.41, 5.74) is 0.946. The highest BCUT2D eigenvalue weighted by molar-refractivity contribution is 7.77. The summed E-state index contributed by atoms with van der Waals surface area (Å²) in [6.45, 7) is 0.0356. The Labute approximate surface area is 161 Å². The largest absolute Gasteiger partial charge is 0.758 e. The number of hydrogen-bond donors (Lipinski definition) is 1. The summed E-state index contributed by atoms with van der Waals surface area (Å²) >= 11 is 5.43. The van der Waals surface area contributed by atoms with Crippen LogP contribution in [0.3, 0.4) is 0 Å². The highest BCUT2D eigenvalue weighted by Crippen LogP contribution is 2.14. The standard InChI is InChI=1S/C20H17FN2O3S/c21-16-7-5-15(6-8-16)19(25)18(23-9-1-3-14(12-23)13-24)20(27)22-11-17-4-2-10-26-17/h1-10,12,18,24H,11,13H2/t18-/m1/s1. The highest BCUT2D eigenvalue weighted by Gasteiger charge is 2.28. The molecule has 2 heterocycles. The Bertz CT molecular complexity index is 940. The van der Waals surface area contributed by atoms with Crippen LogP contribution in [0.4, 0.5) is 4.39 Å². The van der Waals surface area contributed by atoms with E-state index in [1.54, 1.807) is 41.2 Å². The molecule has 0 radical (unpaired) electrons. The second-order valence-electron chi connectivity index (χ2n) is 5.83. The number of furan rings is 1. The van der Waals surface area contributed by atoms with Gasteiger partial charge in [-0.3, -0.25) is 4.79 Å². The number of halogens is 1. The van der Waals surface area contributed by atoms with Crippen LogP contribution in [0.25, 0.3) is 0 Å². The molecule has 3 rings (SSSR count). The van der Waals surface area contributed by atoms with Crippen LogP contribution in [0, 0.1) is 5.82 Å². The first-order chi connectivity index (χ1) is 13.1. The number of aliphatic imine (C=N–C) groups is 1. The zero-order valence-electron chi connectivity index (χ0n) is 14.3. The fourth-order valence-electron chi connectivity index (χ4n) is 2.59. The molecule has 0 aliphatic rings. The van der Waals surface area contributed by atoms with Crippen molar-refractivity contribution in [2.75, 3.05) is 0 Å². The van der Waals surface area contributed by atoms with Crippen molar-refractivity contribution in [2.24, 2.45) is 4.99 Å². The third kappa shape index (κ3) is 4.64. The van der Waals surface area contributed by atoms with Gasteiger partial charge in [-0.15, -0.1) is 0 Å². The number of Topliss-reactive ketones (excluding diaryl/α,β-unsaturated/α-hetero) is 1. The van der Waals surface area contributed by atoms with Crippen LogP contribution in [0.5, 0.6) is 0 Å². The van der Waals surface area contributed by atoms with Crippen molar-refractivity contribution in [1.82, 2.24) is 0 Å². The van der Waals surface area contributed by atoms with E-state index in [0.29, 0.717) is 16.9 Å². The van der Waals surface area contributed by atoms with Gasteiger partial charge in [0.2, 0.25) is 11.8 Å². The van der Waals surface area contributed by atoms with Crippen LogP contribution in [0.1, 0.15) is 27.7 Å². The van der Waals surface area contributed by atoms with Gasteiger partial charge in [-0.05, 0) is 47.5 Å². The highest BCUT2D eigenvalue weighted by atomic mass is 32.1. The number of carbonyl (C=O) groups excluding carboxylic acids is 1. The van der Waals surface area contributed by atoms with E-state index in [0.717, 1.165) is 0 Å². The Kier molecular flexibility index (Phi) is 6.05. The van der Waals surface area contributed by atoms with Gasteiger partial charge in [0.05, 0.1) is 19.4 Å². The van der Waals surface area contributed by atoms with Gasteiger partial charge in [-0.2, -0.15) is 4.57 Å². The summed E-state index contributed by atoms with van der Waals surface area (Å²) in [6, 6.07) is 11.3. The molecule has 0 spiro atoms. The van der Waals surface area contributed by atoms with E-state index in [-0.39, 0.29) is 24.0 Å². The number of carbonyl (C=O) groups is 1. The predicted octanol–water partition coefficient (Wildman–Crippen LogP) is 2.77. The fraction of sp³-hybridized carbons (Fsp3) is 0.150. The number of aliphatic hydroxyl groups excluding tert-OH is 1. The topological polar surface area (TPSA) is 66.7 Å². The van der Waals surface area contributed by atoms with Crippen LogP contribution in [0.2, 0.25) is 0 Å². The number of aromatic nitrogens is 1. The Morgan fingerprint density at radius 2 is 2.00 bits per heavy atom. The van der Waals surface area contributed by atoms with Gasteiger partial charge in [0.25, 0.3) is 0 Å². The Balaban J connectivity index is 1.98. The number of nitrogens with zero attached hydrogens (tertiary/aromatic N) is 2. The van der Waals surface area contributed by atoms with Crippen LogP contribution < -0.4 is 4.57 Å². The summed E-state index contributed by atoms with van der Waals surface area (Å²) in [6.07, 6.45) is 4.86. The van der Waals surface area contributed by atoms with Gasteiger partial charge in [-0.25, -0.2) is 4.39 Å². The second-order valence-corrected chi connectivity index (χ2v) is 6.24. The first kappa shape index (κ1) is 18.9. The molecule has 0 aliphatic heterocycles. The van der Waals surface area contributed by atoms with E-state index in [4.69, 9.17) is 17.0 Å². The van der Waals surface area contributed by atoms with Gasteiger partial charge in [0.1, 0.15) is 11.6 Å². The van der Waals surface area contributed by atoms with Gasteiger partial charge >= 0.3 is 0 Å². The molecule has 1 atom stereocenters. The van der Waals surface area contributed by atoms with E-state index in [9.17, 15) is 14.3 Å². The Morgan fingerprint density at radius 3 is 2.67 bits per heavy atom. The van der Waals surface area contributed by atoms with Crippen molar-refractivity contribution < 1.29 is 23.3 Å². The molecule has 1 N–H and O–H groups in total. The summed E-state index contributed by atoms with van der Waals surface area (Å²) < 4.78 is 20.1. The zero-order valence-corrected chi connectivity index (χ0v) is 15.1. The minimum atomic E-state index is -0.896. The van der Waals surface area contributed by atoms with Crippen LogP contribution in [0.15, 0.2) is 76.6 Å². The minimum absolute atomic E-state index is 0.167. The lowest BCUT2D eigenvalue weighted by Crippen LogP contribution is -2.48. The van der Waals surface area contributed by atoms with E-state index >= 15 is 0 Å². The molecule has 0 saturated carbocycles. The molecule has 2 aromatic heterocycles. The Hall–Kier alpha value is -2.90. The number of rotatable bonds is 7. The lowest BCUT2D eigenvalue weighted by atomic mass is 10.0. The average molecular weight is 384 g/mol. The normalized spacial score (nSPS) is 12.7. The van der Waals surface area contributed by atoms with Crippen molar-refractivity contribution in [3.05, 3.63) is 89.9 Å². The molecule has 138 valence electrons. The summed E-state index contributed by atoms with van der Waals surface area (Å²) in [5, 5.41) is 9.56. The van der Waals surface area contributed by atoms with Gasteiger partial charge in [-0.1, -0.05) is 0 Å². The summed E-state index contributed by atoms with van der Waals surface area (Å²) in [4.78, 5) is 17.4. The maximum absolute atomic E-state index is 13.2. The first-order valence-corrected chi connectivity index (χ1v) is 8.63. The van der Waals surface area contributed by atoms with Crippen LogP contribution in [-0.2, 0) is 25.8 Å². The number of aliphatic hydroxyl groups is 1. The molecule has 0 unspecified atom stereocenters. The van der Waals surface area contributed by atoms with E-state index < -0.39 is 11.9 Å². The molecular formula is C20H17FN2O3S. The van der Waals surface area contributed by atoms with Crippen molar-refractivity contribution >= 4 is 23.5 Å². The van der Waals surface area contributed by atoms with Gasteiger partial charge in [0.15, 0.2) is 12.4 Å². The molecule has 1 aromatic carbocycles. The molecule has 7 heteroatoms. The first-order valence-electron chi connectivity index (χ1n) is 8.22. The molecule has 3 aromatic rings. The smallest absolute Gasteiger partial charge is 0.237 e. The minimum Gasteiger partial charge on any atom is -0.758 e. The maximum atomic E-state index is 13.2. The predicted molar refractivity (Wildman–Crippen MR) is 99.5 cm³/mol. The monoisotopic (exact) mass is 384 g/mol. The fourth-order valence-corrected chi connectivity index (χ4v) is 2.88. The molecular weight excluding hydrogens is 367 g/mol. The maximum Gasteiger partial charge on any atom is 0.237 e. The number of ketones is 1. The Morgan fingerprint density at radius 1 is 1.22 bits per heavy atom. The summed E-state index contributed by atoms with van der Waals surface area (Å²) in [7, 11) is 0. The lowest BCUT2D eigenvalue weighted by molar-refractivity contribution is -0.692. The second kappa shape index (κ2) is 8.66. The number of pyridine rings is 1. The van der Waals surface area contributed by atoms with Gasteiger partial charge < -0.3 is 27.1 Å². The molecule has 0 aliphatic carbocycles. The number of benzene rings is 1. The third-order valence-electron chi connectivity index (χ3n) is 3.95. The summed E-state index contributed by atoms with van der Waals surface area (Å²) in [5.74, 6) is -0.120. The third-order valence-corrected chi connectivity index (χ3v) is 4.30. The average Bonchev–Trinajstić information content (AvgIpc) is 3.21. The van der Waals surface area contributed by atoms with Crippen molar-refractivity contribution in [1.29, 1.82) is 0 Å². The van der Waals surface area contributed by atoms with E-state index in [2.05, 4.69) is 4.99 Å². The SMILES string of the molecule is O=C(c1ccc(F)cc1)[C@H](C([S-])=NCc1ccco1)[n+]1cccc(CO)c1. The van der Waals surface area contributed by atoms with Crippen LogP contribution >= 0.6 is 0 Å². The molecule has 0 bridgehead atoms.